The highest BCUT2D eigenvalue weighted by Gasteiger charge is 2.35. The van der Waals surface area contributed by atoms with Crippen molar-refractivity contribution in [3.63, 3.8) is 0 Å². The van der Waals surface area contributed by atoms with Crippen molar-refractivity contribution in [2.24, 2.45) is 0 Å². The normalized spacial score (nSPS) is 19.8. The standard InChI is InChI=1S/C16H25ClN2/c1-13(14-6-8-15(17)9-7-14)18-12-16(19(2)3)10-4-5-11-16/h6-9,13,18H,4-5,10-12H2,1-3H3. The average molecular weight is 281 g/mol. The minimum atomic E-state index is 0.348. The molecule has 3 heteroatoms. The number of hydrogen-bond donors (Lipinski definition) is 1. The van der Waals surface area contributed by atoms with Crippen LogP contribution in [0.2, 0.25) is 5.02 Å². The van der Waals surface area contributed by atoms with Crippen molar-refractivity contribution >= 4 is 11.6 Å². The molecule has 0 amide bonds. The molecule has 0 bridgehead atoms. The maximum atomic E-state index is 5.93. The van der Waals surface area contributed by atoms with Crippen LogP contribution in [0.5, 0.6) is 0 Å². The lowest BCUT2D eigenvalue weighted by Crippen LogP contribution is -2.50. The first kappa shape index (κ1) is 14.8. The molecule has 106 valence electrons. The number of hydrogen-bond acceptors (Lipinski definition) is 2. The van der Waals surface area contributed by atoms with Gasteiger partial charge in [0.15, 0.2) is 0 Å². The first-order chi connectivity index (χ1) is 9.03. The van der Waals surface area contributed by atoms with Gasteiger partial charge in [-0.1, -0.05) is 36.6 Å². The van der Waals surface area contributed by atoms with Crippen molar-refractivity contribution in [1.82, 2.24) is 10.2 Å². The summed E-state index contributed by atoms with van der Waals surface area (Å²) in [7, 11) is 4.42. The number of nitrogens with zero attached hydrogens (tertiary/aromatic N) is 1. The van der Waals surface area contributed by atoms with Crippen molar-refractivity contribution in [2.75, 3.05) is 20.6 Å². The van der Waals surface area contributed by atoms with Crippen LogP contribution < -0.4 is 5.32 Å². The Hall–Kier alpha value is -0.570. The summed E-state index contributed by atoms with van der Waals surface area (Å²) in [5.74, 6) is 0. The van der Waals surface area contributed by atoms with Gasteiger partial charge in [0.25, 0.3) is 0 Å². The Balaban J connectivity index is 1.95. The monoisotopic (exact) mass is 280 g/mol. The molecular formula is C16H25ClN2. The highest BCUT2D eigenvalue weighted by atomic mass is 35.5. The molecule has 2 nitrogen and oxygen atoms in total. The van der Waals surface area contributed by atoms with Gasteiger partial charge in [-0.05, 0) is 51.6 Å². The van der Waals surface area contributed by atoms with E-state index in [0.29, 0.717) is 11.6 Å². The van der Waals surface area contributed by atoms with E-state index >= 15 is 0 Å². The van der Waals surface area contributed by atoms with E-state index in [4.69, 9.17) is 11.6 Å². The molecule has 1 N–H and O–H groups in total. The molecule has 1 fully saturated rings. The summed E-state index contributed by atoms with van der Waals surface area (Å²) in [6.45, 7) is 3.28. The van der Waals surface area contributed by atoms with Crippen LogP contribution in [0.15, 0.2) is 24.3 Å². The maximum Gasteiger partial charge on any atom is 0.0406 e. The van der Waals surface area contributed by atoms with Gasteiger partial charge in [-0.15, -0.1) is 0 Å². The van der Waals surface area contributed by atoms with E-state index in [1.54, 1.807) is 0 Å². The summed E-state index contributed by atoms with van der Waals surface area (Å²) in [6, 6.07) is 8.52. The molecule has 1 aliphatic carbocycles. The Morgan fingerprint density at radius 3 is 2.32 bits per heavy atom. The average Bonchev–Trinajstić information content (AvgIpc) is 2.87. The highest BCUT2D eigenvalue weighted by Crippen LogP contribution is 2.33. The number of nitrogens with one attached hydrogen (secondary N) is 1. The van der Waals surface area contributed by atoms with Gasteiger partial charge in [-0.2, -0.15) is 0 Å². The lowest BCUT2D eigenvalue weighted by Gasteiger charge is -2.37. The molecule has 0 radical (unpaired) electrons. The number of likely N-dealkylation sites (N-methyl/N-ethyl adjacent to an activating group) is 1. The second kappa shape index (κ2) is 6.25. The van der Waals surface area contributed by atoms with Gasteiger partial charge in [0, 0.05) is 23.1 Å². The Morgan fingerprint density at radius 1 is 1.21 bits per heavy atom. The summed E-state index contributed by atoms with van der Waals surface area (Å²) in [5, 5.41) is 4.50. The number of benzene rings is 1. The lowest BCUT2D eigenvalue weighted by atomic mass is 9.95. The van der Waals surface area contributed by atoms with E-state index in [1.807, 2.05) is 12.1 Å². The lowest BCUT2D eigenvalue weighted by molar-refractivity contribution is 0.150. The van der Waals surface area contributed by atoms with Crippen LogP contribution in [0, 0.1) is 0 Å². The highest BCUT2D eigenvalue weighted by molar-refractivity contribution is 6.30. The second-order valence-corrected chi connectivity index (χ2v) is 6.42. The molecule has 1 atom stereocenters. The summed E-state index contributed by atoms with van der Waals surface area (Å²) < 4.78 is 0. The third-order valence-corrected chi connectivity index (χ3v) is 4.84. The molecule has 0 spiro atoms. The summed E-state index contributed by atoms with van der Waals surface area (Å²) >= 11 is 5.93. The van der Waals surface area contributed by atoms with Crippen molar-refractivity contribution in [2.45, 2.75) is 44.2 Å². The van der Waals surface area contributed by atoms with Crippen molar-refractivity contribution in [3.05, 3.63) is 34.9 Å². The van der Waals surface area contributed by atoms with Gasteiger partial charge in [0.05, 0.1) is 0 Å². The van der Waals surface area contributed by atoms with Crippen molar-refractivity contribution in [1.29, 1.82) is 0 Å². The van der Waals surface area contributed by atoms with E-state index in [9.17, 15) is 0 Å². The minimum Gasteiger partial charge on any atom is -0.308 e. The topological polar surface area (TPSA) is 15.3 Å². The van der Waals surface area contributed by atoms with E-state index in [-0.39, 0.29) is 0 Å². The van der Waals surface area contributed by atoms with E-state index in [1.165, 1.54) is 31.2 Å². The molecule has 1 aromatic rings. The minimum absolute atomic E-state index is 0.348. The fraction of sp³-hybridized carbons (Fsp3) is 0.625. The predicted molar refractivity (Wildman–Crippen MR) is 82.8 cm³/mol. The Kier molecular flexibility index (Phi) is 4.88. The first-order valence-electron chi connectivity index (χ1n) is 7.20. The molecule has 1 aliphatic rings. The quantitative estimate of drug-likeness (QED) is 0.881. The van der Waals surface area contributed by atoms with Crippen molar-refractivity contribution < 1.29 is 0 Å². The van der Waals surface area contributed by atoms with Gasteiger partial charge in [0.2, 0.25) is 0 Å². The zero-order valence-electron chi connectivity index (χ0n) is 12.2. The molecule has 0 aromatic heterocycles. The van der Waals surface area contributed by atoms with Gasteiger partial charge >= 0.3 is 0 Å². The largest absolute Gasteiger partial charge is 0.308 e. The van der Waals surface area contributed by atoms with Gasteiger partial charge in [-0.25, -0.2) is 0 Å². The van der Waals surface area contributed by atoms with Crippen LogP contribution in [-0.4, -0.2) is 31.1 Å². The number of rotatable bonds is 5. The molecule has 1 unspecified atom stereocenters. The second-order valence-electron chi connectivity index (χ2n) is 5.98. The van der Waals surface area contributed by atoms with Gasteiger partial charge < -0.3 is 10.2 Å². The van der Waals surface area contributed by atoms with Crippen LogP contribution >= 0.6 is 11.6 Å². The molecule has 2 rings (SSSR count). The Bertz CT molecular complexity index is 394. The molecule has 1 aromatic carbocycles. The Morgan fingerprint density at radius 2 is 1.79 bits per heavy atom. The maximum absolute atomic E-state index is 5.93. The third-order valence-electron chi connectivity index (χ3n) is 4.59. The van der Waals surface area contributed by atoms with Crippen LogP contribution in [-0.2, 0) is 0 Å². The van der Waals surface area contributed by atoms with Gasteiger partial charge in [-0.3, -0.25) is 0 Å². The van der Waals surface area contributed by atoms with Crippen LogP contribution in [0.1, 0.15) is 44.2 Å². The molecular weight excluding hydrogens is 256 g/mol. The van der Waals surface area contributed by atoms with Crippen LogP contribution in [0.3, 0.4) is 0 Å². The van der Waals surface area contributed by atoms with E-state index in [2.05, 4.69) is 43.4 Å². The fourth-order valence-corrected chi connectivity index (χ4v) is 3.15. The zero-order chi connectivity index (χ0) is 13.9. The van der Waals surface area contributed by atoms with E-state index < -0.39 is 0 Å². The zero-order valence-corrected chi connectivity index (χ0v) is 13.0. The molecule has 1 saturated carbocycles. The predicted octanol–water partition coefficient (Wildman–Crippen LogP) is 3.87. The van der Waals surface area contributed by atoms with Gasteiger partial charge in [0.1, 0.15) is 0 Å². The molecule has 0 aliphatic heterocycles. The number of halogens is 1. The molecule has 0 saturated heterocycles. The first-order valence-corrected chi connectivity index (χ1v) is 7.58. The molecule has 19 heavy (non-hydrogen) atoms. The van der Waals surface area contributed by atoms with Crippen LogP contribution in [0.25, 0.3) is 0 Å². The summed E-state index contributed by atoms with van der Waals surface area (Å²) in [5.41, 5.74) is 1.65. The third kappa shape index (κ3) is 3.50. The van der Waals surface area contributed by atoms with Crippen LogP contribution in [0.4, 0.5) is 0 Å². The molecule has 0 heterocycles. The fourth-order valence-electron chi connectivity index (χ4n) is 3.03. The van der Waals surface area contributed by atoms with Crippen molar-refractivity contribution in [3.8, 4) is 0 Å². The smallest absolute Gasteiger partial charge is 0.0406 e. The SMILES string of the molecule is CC(NCC1(N(C)C)CCCC1)c1ccc(Cl)cc1. The summed E-state index contributed by atoms with van der Waals surface area (Å²) in [6.07, 6.45) is 5.32. The summed E-state index contributed by atoms with van der Waals surface area (Å²) in [4.78, 5) is 2.40. The Labute approximate surface area is 122 Å². The van der Waals surface area contributed by atoms with E-state index in [0.717, 1.165) is 11.6 Å².